The fourth-order valence-electron chi connectivity index (χ4n) is 1.66. The molecule has 0 spiro atoms. The van der Waals surface area contributed by atoms with E-state index in [0.717, 1.165) is 6.07 Å². The van der Waals surface area contributed by atoms with Crippen LogP contribution in [0.3, 0.4) is 0 Å². The Hall–Kier alpha value is -1.78. The predicted molar refractivity (Wildman–Crippen MR) is 77.1 cm³/mol. The van der Waals surface area contributed by atoms with Crippen molar-refractivity contribution < 1.29 is 14.3 Å². The summed E-state index contributed by atoms with van der Waals surface area (Å²) >= 11 is 11.9. The van der Waals surface area contributed by atoms with Crippen LogP contribution in [-0.2, 0) is 6.54 Å². The molecule has 2 aromatic carbocycles. The molecule has 0 amide bonds. The monoisotopic (exact) mass is 313 g/mol. The number of benzene rings is 2. The number of aromatic carboxylic acids is 1. The minimum absolute atomic E-state index is 0.00564. The van der Waals surface area contributed by atoms with E-state index in [-0.39, 0.29) is 17.8 Å². The lowest BCUT2D eigenvalue weighted by Gasteiger charge is -2.10. The Morgan fingerprint density at radius 1 is 1.20 bits per heavy atom. The Morgan fingerprint density at radius 2 is 1.95 bits per heavy atom. The predicted octanol–water partition coefficient (Wildman–Crippen LogP) is 4.44. The van der Waals surface area contributed by atoms with Crippen LogP contribution >= 0.6 is 23.2 Å². The molecular weight excluding hydrogens is 304 g/mol. The largest absolute Gasteiger partial charge is 0.478 e. The van der Waals surface area contributed by atoms with E-state index in [1.54, 1.807) is 18.2 Å². The van der Waals surface area contributed by atoms with E-state index < -0.39 is 11.8 Å². The van der Waals surface area contributed by atoms with Crippen molar-refractivity contribution in [2.75, 3.05) is 5.32 Å². The van der Waals surface area contributed by atoms with Gasteiger partial charge in [-0.2, -0.15) is 0 Å². The molecule has 0 bridgehead atoms. The normalized spacial score (nSPS) is 10.3. The number of carboxylic acid groups (broad SMARTS) is 1. The van der Waals surface area contributed by atoms with E-state index in [0.29, 0.717) is 15.6 Å². The third-order valence-corrected chi connectivity index (χ3v) is 3.29. The molecule has 2 rings (SSSR count). The van der Waals surface area contributed by atoms with Gasteiger partial charge in [0.1, 0.15) is 5.82 Å². The van der Waals surface area contributed by atoms with Crippen molar-refractivity contribution in [2.24, 2.45) is 0 Å². The third-order valence-electron chi connectivity index (χ3n) is 2.69. The lowest BCUT2D eigenvalue weighted by molar-refractivity contribution is 0.0697. The molecule has 0 saturated heterocycles. The summed E-state index contributed by atoms with van der Waals surface area (Å²) < 4.78 is 13.6. The van der Waals surface area contributed by atoms with E-state index in [1.807, 2.05) is 0 Å². The molecule has 0 atom stereocenters. The Balaban J connectivity index is 2.20. The van der Waals surface area contributed by atoms with Crippen LogP contribution in [0.15, 0.2) is 36.4 Å². The van der Waals surface area contributed by atoms with Crippen LogP contribution in [0, 0.1) is 5.82 Å². The third kappa shape index (κ3) is 3.40. The van der Waals surface area contributed by atoms with Gasteiger partial charge in [0.2, 0.25) is 0 Å². The lowest BCUT2D eigenvalue weighted by atomic mass is 10.1. The smallest absolute Gasteiger partial charge is 0.335 e. The van der Waals surface area contributed by atoms with Gasteiger partial charge in [0, 0.05) is 16.6 Å². The van der Waals surface area contributed by atoms with E-state index in [4.69, 9.17) is 28.3 Å². The van der Waals surface area contributed by atoms with Crippen LogP contribution in [0.2, 0.25) is 10.0 Å². The highest BCUT2D eigenvalue weighted by atomic mass is 35.5. The number of hydrogen-bond donors (Lipinski definition) is 2. The molecule has 0 saturated carbocycles. The summed E-state index contributed by atoms with van der Waals surface area (Å²) in [4.78, 5) is 10.8. The van der Waals surface area contributed by atoms with E-state index in [1.165, 1.54) is 12.1 Å². The Labute approximate surface area is 124 Å². The van der Waals surface area contributed by atoms with Gasteiger partial charge < -0.3 is 10.4 Å². The van der Waals surface area contributed by atoms with Crippen molar-refractivity contribution in [2.45, 2.75) is 6.54 Å². The molecule has 0 unspecified atom stereocenters. The molecule has 20 heavy (non-hydrogen) atoms. The fourth-order valence-corrected chi connectivity index (χ4v) is 2.04. The quantitative estimate of drug-likeness (QED) is 0.877. The second-order valence-electron chi connectivity index (χ2n) is 4.09. The molecule has 2 N–H and O–H groups in total. The molecule has 0 aromatic heterocycles. The van der Waals surface area contributed by atoms with E-state index in [2.05, 4.69) is 5.32 Å². The maximum absolute atomic E-state index is 13.6. The minimum Gasteiger partial charge on any atom is -0.478 e. The average Bonchev–Trinajstić information content (AvgIpc) is 2.41. The highest BCUT2D eigenvalue weighted by molar-refractivity contribution is 6.33. The summed E-state index contributed by atoms with van der Waals surface area (Å²) in [6.07, 6.45) is 0. The van der Waals surface area contributed by atoms with Gasteiger partial charge >= 0.3 is 5.97 Å². The summed E-state index contributed by atoms with van der Waals surface area (Å²) in [6.45, 7) is 0.236. The van der Waals surface area contributed by atoms with E-state index in [9.17, 15) is 9.18 Å². The van der Waals surface area contributed by atoms with Crippen LogP contribution < -0.4 is 5.32 Å². The number of carboxylic acids is 1. The minimum atomic E-state index is -1.12. The number of nitrogens with one attached hydrogen (secondary N) is 1. The van der Waals surface area contributed by atoms with Crippen LogP contribution in [0.5, 0.6) is 0 Å². The number of anilines is 1. The summed E-state index contributed by atoms with van der Waals surface area (Å²) in [5.41, 5.74) is 0.798. The van der Waals surface area contributed by atoms with Crippen molar-refractivity contribution >= 4 is 34.9 Å². The molecule has 0 aliphatic rings. The van der Waals surface area contributed by atoms with Gasteiger partial charge in [-0.3, -0.25) is 0 Å². The zero-order valence-electron chi connectivity index (χ0n) is 10.2. The first-order valence-corrected chi connectivity index (χ1v) is 6.43. The van der Waals surface area contributed by atoms with Crippen LogP contribution in [-0.4, -0.2) is 11.1 Å². The van der Waals surface area contributed by atoms with Gasteiger partial charge in [-0.15, -0.1) is 0 Å². The van der Waals surface area contributed by atoms with Gasteiger partial charge in [0.15, 0.2) is 0 Å². The second kappa shape index (κ2) is 6.11. The van der Waals surface area contributed by atoms with Gasteiger partial charge in [0.05, 0.1) is 11.3 Å². The second-order valence-corrected chi connectivity index (χ2v) is 4.93. The van der Waals surface area contributed by atoms with Crippen molar-refractivity contribution in [3.63, 3.8) is 0 Å². The van der Waals surface area contributed by atoms with Crippen LogP contribution in [0.1, 0.15) is 15.9 Å². The molecule has 0 radical (unpaired) electrons. The Bertz CT molecular complexity index is 662. The van der Waals surface area contributed by atoms with Gasteiger partial charge in [0.25, 0.3) is 0 Å². The van der Waals surface area contributed by atoms with Crippen molar-refractivity contribution in [1.82, 2.24) is 0 Å². The lowest BCUT2D eigenvalue weighted by Crippen LogP contribution is -2.04. The molecule has 0 fully saturated rings. The molecule has 3 nitrogen and oxygen atoms in total. The number of halogens is 3. The highest BCUT2D eigenvalue weighted by Crippen LogP contribution is 2.23. The van der Waals surface area contributed by atoms with E-state index >= 15 is 0 Å². The van der Waals surface area contributed by atoms with Gasteiger partial charge in [-0.05, 0) is 42.0 Å². The van der Waals surface area contributed by atoms with Crippen molar-refractivity contribution in [1.29, 1.82) is 0 Å². The first-order valence-electron chi connectivity index (χ1n) is 5.68. The van der Waals surface area contributed by atoms with Crippen molar-refractivity contribution in [3.8, 4) is 0 Å². The first-order chi connectivity index (χ1) is 9.47. The van der Waals surface area contributed by atoms with Crippen LogP contribution in [0.4, 0.5) is 10.1 Å². The summed E-state index contributed by atoms with van der Waals surface area (Å²) in [5, 5.41) is 12.7. The number of carbonyl (C=O) groups is 1. The molecular formula is C14H10Cl2FNO2. The number of rotatable bonds is 4. The maximum Gasteiger partial charge on any atom is 0.335 e. The molecule has 0 heterocycles. The molecule has 2 aromatic rings. The number of hydrogen-bond acceptors (Lipinski definition) is 2. The zero-order valence-corrected chi connectivity index (χ0v) is 11.7. The van der Waals surface area contributed by atoms with Crippen molar-refractivity contribution in [3.05, 3.63) is 63.4 Å². The summed E-state index contributed by atoms with van der Waals surface area (Å²) in [5.74, 6) is -1.65. The van der Waals surface area contributed by atoms with Gasteiger partial charge in [-0.25, -0.2) is 9.18 Å². The molecule has 0 aliphatic carbocycles. The fraction of sp³-hybridized carbons (Fsp3) is 0.0714. The first kappa shape index (κ1) is 14.6. The molecule has 0 aliphatic heterocycles. The Kier molecular flexibility index (Phi) is 4.47. The molecule has 104 valence electrons. The van der Waals surface area contributed by atoms with Crippen LogP contribution in [0.25, 0.3) is 0 Å². The average molecular weight is 314 g/mol. The maximum atomic E-state index is 13.6. The standard InChI is InChI=1S/C14H10Cl2FNO2/c15-10-2-3-11(16)9(5-10)7-18-13-6-8(14(19)20)1-4-12(13)17/h1-6,18H,7H2,(H,19,20). The topological polar surface area (TPSA) is 49.3 Å². The Morgan fingerprint density at radius 3 is 2.65 bits per heavy atom. The summed E-state index contributed by atoms with van der Waals surface area (Å²) in [7, 11) is 0. The molecule has 6 heteroatoms. The summed E-state index contributed by atoms with van der Waals surface area (Å²) in [6, 6.07) is 8.50. The van der Waals surface area contributed by atoms with Gasteiger partial charge in [-0.1, -0.05) is 23.2 Å². The highest BCUT2D eigenvalue weighted by Gasteiger charge is 2.09. The zero-order chi connectivity index (χ0) is 14.7. The SMILES string of the molecule is O=C(O)c1ccc(F)c(NCc2cc(Cl)ccc2Cl)c1.